The Morgan fingerprint density at radius 1 is 1.23 bits per heavy atom. The molecular weight excluding hydrogens is 396 g/mol. The first kappa shape index (κ1) is 22.6. The molecule has 0 aliphatic carbocycles. The number of nitrogens with one attached hydrogen (secondary N) is 2. The van der Waals surface area contributed by atoms with E-state index in [1.54, 1.807) is 17.1 Å². The van der Waals surface area contributed by atoms with E-state index in [1.807, 2.05) is 7.05 Å². The van der Waals surface area contributed by atoms with E-state index in [0.717, 1.165) is 6.92 Å². The number of nitrogens with two attached hydrogens (primary N) is 1. The van der Waals surface area contributed by atoms with Gasteiger partial charge in [-0.25, -0.2) is 19.2 Å². The van der Waals surface area contributed by atoms with Crippen LogP contribution < -0.4 is 16.5 Å². The van der Waals surface area contributed by atoms with E-state index in [0.29, 0.717) is 11.3 Å². The van der Waals surface area contributed by atoms with E-state index >= 15 is 0 Å². The van der Waals surface area contributed by atoms with Gasteiger partial charge in [0.15, 0.2) is 0 Å². The number of hydroxylamine groups is 1. The standard InChI is InChI=1S/C20H19F2N5O3/c1-20(23,19(21)22)16(18(29)26-30)25-17(28)14-9-7-13(8-10-14)5-3-4-6-15-11-27(2)12-24-15/h7-12,16,19,30H,23H2,1-2H3,(H,25,28)(H,26,29). The fraction of sp³-hybridized carbons (Fsp3) is 0.250. The molecule has 1 aromatic carbocycles. The largest absolute Gasteiger partial charge is 0.339 e. The predicted molar refractivity (Wildman–Crippen MR) is 103 cm³/mol. The van der Waals surface area contributed by atoms with Crippen molar-refractivity contribution in [1.82, 2.24) is 20.3 Å². The third-order valence-corrected chi connectivity index (χ3v) is 4.05. The van der Waals surface area contributed by atoms with Gasteiger partial charge in [0.05, 0.1) is 6.33 Å². The van der Waals surface area contributed by atoms with Gasteiger partial charge in [0.2, 0.25) is 0 Å². The zero-order chi connectivity index (χ0) is 22.3. The van der Waals surface area contributed by atoms with Crippen LogP contribution in [0.2, 0.25) is 0 Å². The maximum atomic E-state index is 13.2. The molecule has 2 unspecified atom stereocenters. The molecule has 0 bridgehead atoms. The molecule has 0 spiro atoms. The van der Waals surface area contributed by atoms with E-state index in [-0.39, 0.29) is 5.56 Å². The summed E-state index contributed by atoms with van der Waals surface area (Å²) in [6.45, 7) is 0.891. The zero-order valence-electron chi connectivity index (χ0n) is 16.1. The van der Waals surface area contributed by atoms with Crippen LogP contribution in [0.5, 0.6) is 0 Å². The second-order valence-electron chi connectivity index (χ2n) is 6.55. The number of carbonyl (C=O) groups excluding carboxylic acids is 2. The van der Waals surface area contributed by atoms with Crippen molar-refractivity contribution in [2.45, 2.75) is 24.9 Å². The molecule has 0 aliphatic heterocycles. The van der Waals surface area contributed by atoms with Crippen molar-refractivity contribution in [2.75, 3.05) is 0 Å². The summed E-state index contributed by atoms with van der Waals surface area (Å²) in [5.74, 6) is 8.79. The number of aryl methyl sites for hydroxylation is 1. The molecular formula is C20H19F2N5O3. The van der Waals surface area contributed by atoms with Gasteiger partial charge in [-0.1, -0.05) is 5.92 Å². The zero-order valence-corrected chi connectivity index (χ0v) is 16.1. The Morgan fingerprint density at radius 2 is 1.87 bits per heavy atom. The van der Waals surface area contributed by atoms with Gasteiger partial charge in [-0.2, -0.15) is 0 Å². The Bertz CT molecular complexity index is 1040. The fourth-order valence-electron chi connectivity index (χ4n) is 2.29. The summed E-state index contributed by atoms with van der Waals surface area (Å²) in [4.78, 5) is 28.1. The first-order valence-corrected chi connectivity index (χ1v) is 8.57. The number of carbonyl (C=O) groups is 2. The van der Waals surface area contributed by atoms with Crippen LogP contribution in [0.1, 0.15) is 28.5 Å². The number of alkyl halides is 2. The minimum absolute atomic E-state index is 0.0842. The molecule has 2 atom stereocenters. The van der Waals surface area contributed by atoms with Crippen molar-refractivity contribution in [2.24, 2.45) is 12.8 Å². The smallest absolute Gasteiger partial charge is 0.268 e. The van der Waals surface area contributed by atoms with E-state index in [9.17, 15) is 18.4 Å². The molecule has 8 nitrogen and oxygen atoms in total. The second-order valence-corrected chi connectivity index (χ2v) is 6.55. The number of amides is 2. The molecule has 0 saturated heterocycles. The number of imidazole rings is 1. The van der Waals surface area contributed by atoms with Gasteiger partial charge in [0, 0.05) is 24.4 Å². The van der Waals surface area contributed by atoms with Crippen LogP contribution >= 0.6 is 0 Å². The number of hydrogen-bond acceptors (Lipinski definition) is 5. The second kappa shape index (κ2) is 9.65. The quantitative estimate of drug-likeness (QED) is 0.320. The van der Waals surface area contributed by atoms with Crippen LogP contribution in [0, 0.1) is 23.7 Å². The Kier molecular flexibility index (Phi) is 7.26. The number of nitrogens with zero attached hydrogens (tertiary/aromatic N) is 2. The SMILES string of the molecule is Cn1cnc(C#CC#Cc2ccc(C(=O)NC(C(=O)NO)C(C)(N)C(F)F)cc2)c1. The number of halogens is 2. The normalized spacial score (nSPS) is 13.2. The highest BCUT2D eigenvalue weighted by atomic mass is 19.3. The van der Waals surface area contributed by atoms with Crippen molar-refractivity contribution in [3.8, 4) is 23.7 Å². The minimum atomic E-state index is -3.13. The highest BCUT2D eigenvalue weighted by Gasteiger charge is 2.44. The van der Waals surface area contributed by atoms with Gasteiger partial charge in [-0.15, -0.1) is 0 Å². The molecule has 156 valence electrons. The van der Waals surface area contributed by atoms with Crippen molar-refractivity contribution in [1.29, 1.82) is 0 Å². The average Bonchev–Trinajstić information content (AvgIpc) is 3.13. The van der Waals surface area contributed by atoms with Crippen molar-refractivity contribution >= 4 is 11.8 Å². The van der Waals surface area contributed by atoms with Crippen molar-refractivity contribution in [3.05, 3.63) is 53.6 Å². The molecule has 30 heavy (non-hydrogen) atoms. The summed E-state index contributed by atoms with van der Waals surface area (Å²) in [6, 6.07) is 3.99. The lowest BCUT2D eigenvalue weighted by Crippen LogP contribution is -2.66. The number of rotatable bonds is 5. The summed E-state index contributed by atoms with van der Waals surface area (Å²) >= 11 is 0. The maximum absolute atomic E-state index is 13.2. The Morgan fingerprint density at radius 3 is 2.40 bits per heavy atom. The van der Waals surface area contributed by atoms with Crippen molar-refractivity contribution in [3.63, 3.8) is 0 Å². The first-order valence-electron chi connectivity index (χ1n) is 8.57. The Balaban J connectivity index is 2.10. The number of aromatic nitrogens is 2. The summed E-state index contributed by atoms with van der Waals surface area (Å²) in [5.41, 5.74) is 5.52. The van der Waals surface area contributed by atoms with Crippen LogP contribution in [0.25, 0.3) is 0 Å². The fourth-order valence-corrected chi connectivity index (χ4v) is 2.29. The van der Waals surface area contributed by atoms with Crippen LogP contribution in [-0.2, 0) is 11.8 Å². The van der Waals surface area contributed by atoms with E-state index in [1.165, 1.54) is 29.7 Å². The summed E-state index contributed by atoms with van der Waals surface area (Å²) in [5, 5.41) is 10.9. The number of benzene rings is 1. The number of hydrogen-bond donors (Lipinski definition) is 4. The highest BCUT2D eigenvalue weighted by molar-refractivity contribution is 5.98. The third-order valence-electron chi connectivity index (χ3n) is 4.05. The maximum Gasteiger partial charge on any atom is 0.268 e. The lowest BCUT2D eigenvalue weighted by atomic mass is 9.92. The van der Waals surface area contributed by atoms with Crippen LogP contribution in [-0.4, -0.2) is 44.6 Å². The third kappa shape index (κ3) is 5.64. The predicted octanol–water partition coefficient (Wildman–Crippen LogP) is 0.410. The molecule has 0 fully saturated rings. The molecule has 0 saturated carbocycles. The molecule has 2 rings (SSSR count). The Labute approximate surface area is 171 Å². The van der Waals surface area contributed by atoms with Gasteiger partial charge in [0.25, 0.3) is 18.2 Å². The summed E-state index contributed by atoms with van der Waals surface area (Å²) in [6.07, 6.45) is 0.224. The van der Waals surface area contributed by atoms with Gasteiger partial charge in [0.1, 0.15) is 17.3 Å². The highest BCUT2D eigenvalue weighted by Crippen LogP contribution is 2.18. The van der Waals surface area contributed by atoms with Gasteiger partial charge >= 0.3 is 0 Å². The summed E-state index contributed by atoms with van der Waals surface area (Å²) in [7, 11) is 1.82. The summed E-state index contributed by atoms with van der Waals surface area (Å²) < 4.78 is 28.1. The monoisotopic (exact) mass is 415 g/mol. The lowest BCUT2D eigenvalue weighted by Gasteiger charge is -2.32. The van der Waals surface area contributed by atoms with Gasteiger partial charge in [-0.3, -0.25) is 14.8 Å². The first-order chi connectivity index (χ1) is 14.1. The van der Waals surface area contributed by atoms with Crippen LogP contribution in [0.3, 0.4) is 0 Å². The van der Waals surface area contributed by atoms with Crippen LogP contribution in [0.4, 0.5) is 8.78 Å². The van der Waals surface area contributed by atoms with Crippen molar-refractivity contribution < 1.29 is 23.6 Å². The molecule has 2 amide bonds. The van der Waals surface area contributed by atoms with Crippen LogP contribution in [0.15, 0.2) is 36.8 Å². The topological polar surface area (TPSA) is 122 Å². The van der Waals surface area contributed by atoms with Gasteiger partial charge in [-0.05, 0) is 49.0 Å². The Hall–Kier alpha value is -3.73. The molecule has 0 aliphatic rings. The molecule has 2 aromatic rings. The van der Waals surface area contributed by atoms with E-state index in [2.05, 4.69) is 34.0 Å². The molecule has 10 heteroatoms. The molecule has 5 N–H and O–H groups in total. The molecule has 1 heterocycles. The van der Waals surface area contributed by atoms with E-state index < -0.39 is 29.8 Å². The average molecular weight is 415 g/mol. The van der Waals surface area contributed by atoms with Gasteiger partial charge < -0.3 is 15.6 Å². The molecule has 0 radical (unpaired) electrons. The van der Waals surface area contributed by atoms with E-state index in [4.69, 9.17) is 10.9 Å². The molecule has 1 aromatic heterocycles. The minimum Gasteiger partial charge on any atom is -0.339 e. The lowest BCUT2D eigenvalue weighted by molar-refractivity contribution is -0.134.